The van der Waals surface area contributed by atoms with Crippen LogP contribution >= 0.6 is 11.8 Å². The molecule has 8 heteroatoms. The molecule has 0 fully saturated rings. The summed E-state index contributed by atoms with van der Waals surface area (Å²) in [5, 5.41) is 14.4. The van der Waals surface area contributed by atoms with Gasteiger partial charge in [-0.05, 0) is 62.9 Å². The van der Waals surface area contributed by atoms with E-state index in [4.69, 9.17) is 20.1 Å². The highest BCUT2D eigenvalue weighted by Gasteiger charge is 2.39. The van der Waals surface area contributed by atoms with Gasteiger partial charge < -0.3 is 25.2 Å². The van der Waals surface area contributed by atoms with E-state index in [2.05, 4.69) is 10.1 Å². The molecule has 4 rings (SSSR count). The van der Waals surface area contributed by atoms with Gasteiger partial charge in [0, 0.05) is 37.9 Å². The van der Waals surface area contributed by atoms with Crippen molar-refractivity contribution in [1.82, 2.24) is 0 Å². The Labute approximate surface area is 199 Å². The van der Waals surface area contributed by atoms with E-state index in [1.165, 1.54) is 0 Å². The molecular formula is C25H31N3O4S. The van der Waals surface area contributed by atoms with Crippen molar-refractivity contribution in [3.63, 3.8) is 0 Å². The lowest BCUT2D eigenvalue weighted by Gasteiger charge is -2.36. The molecule has 0 spiro atoms. The standard InChI is InChI=1S/C25H31N3O4S/c1-14-15(2)22-23(16(3)21(14)29)33-13-25(6,32-22)20(28-26)12-27-10-9-17-7-8-18-19(11-17)31-24(4,5)30-18/h7-8,11-12,29H,9-10,13,26H2,1-6H3/b27-12?,28-20+. The zero-order chi connectivity index (χ0) is 24.0. The zero-order valence-electron chi connectivity index (χ0n) is 20.0. The van der Waals surface area contributed by atoms with Crippen molar-refractivity contribution in [3.05, 3.63) is 40.5 Å². The Morgan fingerprint density at radius 3 is 2.55 bits per heavy atom. The van der Waals surface area contributed by atoms with Crippen LogP contribution in [0.15, 0.2) is 33.2 Å². The topological polar surface area (TPSA) is 98.7 Å². The molecular weight excluding hydrogens is 438 g/mol. The molecule has 0 saturated carbocycles. The molecule has 2 aliphatic rings. The second-order valence-corrected chi connectivity index (χ2v) is 10.2. The summed E-state index contributed by atoms with van der Waals surface area (Å²) in [5.74, 6) is 8.36. The fourth-order valence-electron chi connectivity index (χ4n) is 4.04. The molecule has 2 heterocycles. The number of nitrogens with two attached hydrogens (primary N) is 1. The van der Waals surface area contributed by atoms with Crippen molar-refractivity contribution in [1.29, 1.82) is 0 Å². The Balaban J connectivity index is 1.45. The highest BCUT2D eigenvalue weighted by Crippen LogP contribution is 2.48. The van der Waals surface area contributed by atoms with E-state index in [1.54, 1.807) is 18.0 Å². The summed E-state index contributed by atoms with van der Waals surface area (Å²) in [7, 11) is 0. The average molecular weight is 470 g/mol. The largest absolute Gasteiger partial charge is 0.507 e. The van der Waals surface area contributed by atoms with Crippen LogP contribution < -0.4 is 20.1 Å². The van der Waals surface area contributed by atoms with Crippen LogP contribution in [0.25, 0.3) is 0 Å². The van der Waals surface area contributed by atoms with Gasteiger partial charge in [0.15, 0.2) is 17.1 Å². The fraction of sp³-hybridized carbons (Fsp3) is 0.440. The van der Waals surface area contributed by atoms with Crippen molar-refractivity contribution >= 4 is 23.7 Å². The number of rotatable bonds is 5. The Kier molecular flexibility index (Phi) is 5.99. The lowest BCUT2D eigenvalue weighted by molar-refractivity contribution is -0.0431. The Hall–Kier alpha value is -2.87. The third-order valence-corrected chi connectivity index (χ3v) is 7.60. The summed E-state index contributed by atoms with van der Waals surface area (Å²) < 4.78 is 18.0. The van der Waals surface area contributed by atoms with E-state index in [0.29, 0.717) is 23.8 Å². The molecule has 2 aromatic rings. The number of benzene rings is 2. The van der Waals surface area contributed by atoms with E-state index in [-0.39, 0.29) is 0 Å². The first-order valence-electron chi connectivity index (χ1n) is 11.0. The van der Waals surface area contributed by atoms with Gasteiger partial charge in [-0.25, -0.2) is 0 Å². The Bertz CT molecular complexity index is 1160. The number of fused-ring (bicyclic) bond motifs is 2. The molecule has 33 heavy (non-hydrogen) atoms. The highest BCUT2D eigenvalue weighted by molar-refractivity contribution is 7.99. The van der Waals surface area contributed by atoms with Crippen LogP contribution in [0.2, 0.25) is 0 Å². The number of hydrogen-bond acceptors (Lipinski definition) is 8. The lowest BCUT2D eigenvalue weighted by atomic mass is 10.00. The van der Waals surface area contributed by atoms with Crippen LogP contribution in [-0.4, -0.2) is 40.7 Å². The van der Waals surface area contributed by atoms with Gasteiger partial charge in [-0.1, -0.05) is 6.07 Å². The number of ether oxygens (including phenoxy) is 3. The summed E-state index contributed by atoms with van der Waals surface area (Å²) >= 11 is 1.64. The number of hydrogen-bond donors (Lipinski definition) is 2. The monoisotopic (exact) mass is 469 g/mol. The second kappa shape index (κ2) is 8.48. The number of nitrogens with zero attached hydrogens (tertiary/aromatic N) is 2. The molecule has 176 valence electrons. The molecule has 2 aliphatic heterocycles. The molecule has 1 atom stereocenters. The number of thioether (sulfide) groups is 1. The molecule has 0 bridgehead atoms. The van der Waals surface area contributed by atoms with Crippen LogP contribution in [0.5, 0.6) is 23.0 Å². The van der Waals surface area contributed by atoms with Gasteiger partial charge >= 0.3 is 0 Å². The van der Waals surface area contributed by atoms with Gasteiger partial charge in [0.05, 0.1) is 4.90 Å². The van der Waals surface area contributed by atoms with E-state index in [9.17, 15) is 5.11 Å². The van der Waals surface area contributed by atoms with Gasteiger partial charge in [0.1, 0.15) is 17.2 Å². The molecule has 0 amide bonds. The predicted octanol–water partition coefficient (Wildman–Crippen LogP) is 4.70. The number of phenols is 1. The molecule has 0 radical (unpaired) electrons. The minimum absolute atomic E-state index is 0.326. The summed E-state index contributed by atoms with van der Waals surface area (Å²) in [4.78, 5) is 5.54. The number of aliphatic imine (C=N–C) groups is 1. The molecule has 7 nitrogen and oxygen atoms in total. The zero-order valence-corrected chi connectivity index (χ0v) is 20.8. The van der Waals surface area contributed by atoms with Crippen LogP contribution in [0.3, 0.4) is 0 Å². The highest BCUT2D eigenvalue weighted by atomic mass is 32.2. The Morgan fingerprint density at radius 2 is 1.82 bits per heavy atom. The fourth-order valence-corrected chi connectivity index (χ4v) is 5.30. The molecule has 3 N–H and O–H groups in total. The van der Waals surface area contributed by atoms with Gasteiger partial charge in [0.25, 0.3) is 0 Å². The lowest BCUT2D eigenvalue weighted by Crippen LogP contribution is -2.47. The van der Waals surface area contributed by atoms with Gasteiger partial charge in [-0.3, -0.25) is 4.99 Å². The summed E-state index contributed by atoms with van der Waals surface area (Å²) in [6.07, 6.45) is 2.45. The maximum absolute atomic E-state index is 10.4. The van der Waals surface area contributed by atoms with Crippen LogP contribution in [0.1, 0.15) is 43.0 Å². The first-order valence-corrected chi connectivity index (χ1v) is 12.0. The van der Waals surface area contributed by atoms with Gasteiger partial charge in [-0.15, -0.1) is 11.8 Å². The van der Waals surface area contributed by atoms with E-state index < -0.39 is 11.4 Å². The van der Waals surface area contributed by atoms with Crippen molar-refractivity contribution in [3.8, 4) is 23.0 Å². The molecule has 2 aromatic carbocycles. The van der Waals surface area contributed by atoms with Gasteiger partial charge in [-0.2, -0.15) is 5.10 Å². The summed E-state index contributed by atoms with van der Waals surface area (Å²) in [6.45, 7) is 12.1. The molecule has 1 unspecified atom stereocenters. The van der Waals surface area contributed by atoms with Crippen molar-refractivity contribution in [2.75, 3.05) is 12.3 Å². The van der Waals surface area contributed by atoms with Crippen LogP contribution in [-0.2, 0) is 6.42 Å². The van der Waals surface area contributed by atoms with Gasteiger partial charge in [0.2, 0.25) is 5.79 Å². The van der Waals surface area contributed by atoms with Crippen molar-refractivity contribution in [2.45, 2.75) is 64.2 Å². The third kappa shape index (κ3) is 4.36. The van der Waals surface area contributed by atoms with Crippen LogP contribution in [0, 0.1) is 20.8 Å². The maximum Gasteiger partial charge on any atom is 0.246 e. The van der Waals surface area contributed by atoms with Crippen LogP contribution in [0.4, 0.5) is 0 Å². The average Bonchev–Trinajstić information content (AvgIpc) is 3.09. The molecule has 0 saturated heterocycles. The van der Waals surface area contributed by atoms with E-state index in [0.717, 1.165) is 50.8 Å². The summed E-state index contributed by atoms with van der Waals surface area (Å²) in [5.41, 5.74) is 3.56. The predicted molar refractivity (Wildman–Crippen MR) is 133 cm³/mol. The molecule has 0 aromatic heterocycles. The normalized spacial score (nSPS) is 21.2. The minimum atomic E-state index is -0.721. The number of hydrazone groups is 1. The first kappa shape index (κ1) is 23.3. The minimum Gasteiger partial charge on any atom is -0.507 e. The number of phenolic OH excluding ortho intramolecular Hbond substituents is 1. The Morgan fingerprint density at radius 1 is 1.09 bits per heavy atom. The van der Waals surface area contributed by atoms with Crippen molar-refractivity contribution in [2.24, 2.45) is 15.9 Å². The number of aromatic hydroxyl groups is 1. The van der Waals surface area contributed by atoms with E-state index in [1.807, 2.05) is 59.7 Å². The van der Waals surface area contributed by atoms with Crippen molar-refractivity contribution < 1.29 is 19.3 Å². The smallest absolute Gasteiger partial charge is 0.246 e. The SMILES string of the molecule is Cc1c(C)c2c(c(C)c1O)SCC(C)(/C(C=NCCc1ccc3c(c1)OC(C)(C)O3)=N/N)O2. The van der Waals surface area contributed by atoms with E-state index >= 15 is 0 Å². The third-order valence-electron chi connectivity index (χ3n) is 6.12. The molecule has 0 aliphatic carbocycles. The quantitative estimate of drug-likeness (QED) is 0.374. The first-order chi connectivity index (χ1) is 15.5. The second-order valence-electron chi connectivity index (χ2n) is 9.19. The summed E-state index contributed by atoms with van der Waals surface area (Å²) in [6, 6.07) is 5.96. The maximum atomic E-state index is 10.4.